The Morgan fingerprint density at radius 2 is 2.03 bits per heavy atom. The highest BCUT2D eigenvalue weighted by molar-refractivity contribution is 8.00. The van der Waals surface area contributed by atoms with Crippen LogP contribution in [0.4, 0.5) is 18.9 Å². The maximum atomic E-state index is 12.6. The molecule has 2 heterocycles. The molecule has 3 aromatic rings. The van der Waals surface area contributed by atoms with Crippen LogP contribution in [-0.4, -0.2) is 32.3 Å². The van der Waals surface area contributed by atoms with Crippen molar-refractivity contribution in [2.24, 2.45) is 0 Å². The summed E-state index contributed by atoms with van der Waals surface area (Å²) in [6.45, 7) is 7.69. The first-order chi connectivity index (χ1) is 14.7. The van der Waals surface area contributed by atoms with Crippen molar-refractivity contribution < 1.29 is 27.1 Å². The minimum absolute atomic E-state index is 0.342. The normalized spacial score (nSPS) is 12.4. The van der Waals surface area contributed by atoms with E-state index in [0.717, 1.165) is 17.7 Å². The van der Waals surface area contributed by atoms with Crippen molar-refractivity contribution in [3.8, 4) is 17.1 Å². The van der Waals surface area contributed by atoms with Crippen LogP contribution in [0.25, 0.3) is 11.4 Å². The van der Waals surface area contributed by atoms with E-state index in [-0.39, 0.29) is 11.7 Å². The second-order valence-electron chi connectivity index (χ2n) is 6.42. The highest BCUT2D eigenvalue weighted by Crippen LogP contribution is 2.30. The molecule has 0 aliphatic heterocycles. The molecule has 0 radical (unpaired) electrons. The van der Waals surface area contributed by atoms with Crippen LogP contribution in [0, 0.1) is 6.92 Å². The number of hydrogen-bond donors (Lipinski definition) is 1. The zero-order valence-electron chi connectivity index (χ0n) is 16.6. The lowest BCUT2D eigenvalue weighted by Crippen LogP contribution is -2.23. The third-order valence-corrected chi connectivity index (χ3v) is 5.22. The van der Waals surface area contributed by atoms with E-state index in [9.17, 15) is 18.0 Å². The number of aromatic nitrogens is 3. The van der Waals surface area contributed by atoms with Gasteiger partial charge in [-0.05, 0) is 44.2 Å². The van der Waals surface area contributed by atoms with Gasteiger partial charge in [0.25, 0.3) is 0 Å². The van der Waals surface area contributed by atoms with Crippen molar-refractivity contribution in [3.05, 3.63) is 55.0 Å². The quantitative estimate of drug-likeness (QED) is 0.380. The first-order valence-electron chi connectivity index (χ1n) is 9.10. The number of nitrogens with zero attached hydrogens (tertiary/aromatic N) is 3. The summed E-state index contributed by atoms with van der Waals surface area (Å²) in [5.74, 6) is 0.579. The zero-order valence-corrected chi connectivity index (χ0v) is 17.5. The molecule has 0 saturated carbocycles. The summed E-state index contributed by atoms with van der Waals surface area (Å²) >= 11 is 1.20. The molecule has 11 heteroatoms. The van der Waals surface area contributed by atoms with Gasteiger partial charge in [-0.15, -0.1) is 29.9 Å². The van der Waals surface area contributed by atoms with E-state index in [1.54, 1.807) is 25.3 Å². The lowest BCUT2D eigenvalue weighted by Gasteiger charge is -2.13. The van der Waals surface area contributed by atoms with Gasteiger partial charge in [-0.25, -0.2) is 0 Å². The highest BCUT2D eigenvalue weighted by Gasteiger charge is 2.31. The van der Waals surface area contributed by atoms with Gasteiger partial charge >= 0.3 is 6.36 Å². The Labute approximate surface area is 180 Å². The van der Waals surface area contributed by atoms with Crippen molar-refractivity contribution in [1.29, 1.82) is 0 Å². The molecule has 0 fully saturated rings. The Balaban J connectivity index is 1.69. The van der Waals surface area contributed by atoms with Crippen molar-refractivity contribution in [2.45, 2.75) is 37.2 Å². The van der Waals surface area contributed by atoms with Gasteiger partial charge in [-0.2, -0.15) is 0 Å². The Bertz CT molecular complexity index is 1060. The number of amides is 1. The van der Waals surface area contributed by atoms with Crippen LogP contribution in [0.3, 0.4) is 0 Å². The minimum atomic E-state index is -4.77. The molecule has 1 amide bonds. The van der Waals surface area contributed by atoms with Gasteiger partial charge in [-0.1, -0.05) is 17.8 Å². The standard InChI is InChI=1S/C20H19F3N4O3S/c1-4-10-27-17(16-9-11-29-12(16)2)25-26-19(27)31-13(3)18(28)24-14-5-7-15(8-6-14)30-20(21,22)23/h4-9,11,13H,1,10H2,2-3H3,(H,24,28). The number of rotatable bonds is 8. The molecule has 0 aliphatic rings. The summed E-state index contributed by atoms with van der Waals surface area (Å²) in [5, 5.41) is 11.0. The second kappa shape index (κ2) is 9.29. The van der Waals surface area contributed by atoms with Gasteiger partial charge in [0.1, 0.15) is 11.5 Å². The van der Waals surface area contributed by atoms with E-state index in [1.165, 1.54) is 23.9 Å². The number of allylic oxidation sites excluding steroid dienone is 1. The number of anilines is 1. The number of alkyl halides is 3. The smallest absolute Gasteiger partial charge is 0.469 e. The van der Waals surface area contributed by atoms with E-state index in [2.05, 4.69) is 26.8 Å². The number of hydrogen-bond acceptors (Lipinski definition) is 6. The number of thioether (sulfide) groups is 1. The number of halogens is 3. The van der Waals surface area contributed by atoms with E-state index >= 15 is 0 Å². The van der Waals surface area contributed by atoms with Gasteiger partial charge in [0.15, 0.2) is 11.0 Å². The Morgan fingerprint density at radius 1 is 1.32 bits per heavy atom. The molecule has 1 N–H and O–H groups in total. The number of nitrogens with one attached hydrogen (secondary N) is 1. The molecule has 0 bridgehead atoms. The summed E-state index contributed by atoms with van der Waals surface area (Å²) in [6.07, 6.45) is -1.52. The molecule has 1 aromatic carbocycles. The van der Waals surface area contributed by atoms with Crippen LogP contribution in [0.5, 0.6) is 5.75 Å². The largest absolute Gasteiger partial charge is 0.573 e. The van der Waals surface area contributed by atoms with E-state index in [0.29, 0.717) is 29.0 Å². The van der Waals surface area contributed by atoms with Crippen molar-refractivity contribution in [2.75, 3.05) is 5.32 Å². The topological polar surface area (TPSA) is 82.2 Å². The molecule has 164 valence electrons. The molecular formula is C20H19F3N4O3S. The third kappa shape index (κ3) is 5.69. The number of aryl methyl sites for hydroxylation is 1. The Hall–Kier alpha value is -3.21. The predicted molar refractivity (Wildman–Crippen MR) is 110 cm³/mol. The first-order valence-corrected chi connectivity index (χ1v) is 9.98. The molecule has 7 nitrogen and oxygen atoms in total. The fourth-order valence-corrected chi connectivity index (χ4v) is 3.54. The number of carbonyl (C=O) groups is 1. The summed E-state index contributed by atoms with van der Waals surface area (Å²) in [6, 6.07) is 6.70. The summed E-state index contributed by atoms with van der Waals surface area (Å²) in [5.41, 5.74) is 1.13. The van der Waals surface area contributed by atoms with Gasteiger partial charge in [0.05, 0.1) is 17.1 Å². The molecule has 0 aliphatic carbocycles. The van der Waals surface area contributed by atoms with Crippen LogP contribution in [0.1, 0.15) is 12.7 Å². The van der Waals surface area contributed by atoms with Crippen LogP contribution >= 0.6 is 11.8 Å². The van der Waals surface area contributed by atoms with Crippen molar-refractivity contribution >= 4 is 23.4 Å². The summed E-state index contributed by atoms with van der Waals surface area (Å²) in [4.78, 5) is 12.6. The lowest BCUT2D eigenvalue weighted by atomic mass is 10.2. The molecule has 0 saturated heterocycles. The summed E-state index contributed by atoms with van der Waals surface area (Å²) in [7, 11) is 0. The second-order valence-corrected chi connectivity index (χ2v) is 7.73. The van der Waals surface area contributed by atoms with Gasteiger partial charge in [0.2, 0.25) is 5.91 Å². The average Bonchev–Trinajstić information content (AvgIpc) is 3.28. The Morgan fingerprint density at radius 3 is 2.61 bits per heavy atom. The molecule has 1 unspecified atom stereocenters. The molecule has 1 atom stereocenters. The number of carbonyl (C=O) groups excluding carboxylic acids is 1. The highest BCUT2D eigenvalue weighted by atomic mass is 32.2. The van der Waals surface area contributed by atoms with Crippen LogP contribution < -0.4 is 10.1 Å². The fraction of sp³-hybridized carbons (Fsp3) is 0.250. The number of ether oxygens (including phenoxy) is 1. The SMILES string of the molecule is C=CCn1c(SC(C)C(=O)Nc2ccc(OC(F)(F)F)cc2)nnc1-c1ccoc1C. The molecule has 0 spiro atoms. The molecule has 2 aromatic heterocycles. The third-order valence-electron chi connectivity index (χ3n) is 4.14. The molecule has 3 rings (SSSR count). The fourth-order valence-electron chi connectivity index (χ4n) is 2.68. The van der Waals surface area contributed by atoms with E-state index in [4.69, 9.17) is 4.42 Å². The summed E-state index contributed by atoms with van der Waals surface area (Å²) < 4.78 is 47.7. The van der Waals surface area contributed by atoms with Gasteiger partial charge in [-0.3, -0.25) is 9.36 Å². The van der Waals surface area contributed by atoms with Crippen molar-refractivity contribution in [3.63, 3.8) is 0 Å². The maximum Gasteiger partial charge on any atom is 0.573 e. The molecular weight excluding hydrogens is 433 g/mol. The minimum Gasteiger partial charge on any atom is -0.469 e. The Kier molecular flexibility index (Phi) is 6.74. The first kappa shape index (κ1) is 22.5. The van der Waals surface area contributed by atoms with E-state index < -0.39 is 11.6 Å². The molecule has 31 heavy (non-hydrogen) atoms. The van der Waals surface area contributed by atoms with Crippen molar-refractivity contribution in [1.82, 2.24) is 14.8 Å². The monoisotopic (exact) mass is 452 g/mol. The predicted octanol–water partition coefficient (Wildman–Crippen LogP) is 5.05. The van der Waals surface area contributed by atoms with Crippen LogP contribution in [0.15, 0.2) is 58.8 Å². The van der Waals surface area contributed by atoms with Crippen LogP contribution in [-0.2, 0) is 11.3 Å². The van der Waals surface area contributed by atoms with E-state index in [1.807, 2.05) is 11.5 Å². The lowest BCUT2D eigenvalue weighted by molar-refractivity contribution is -0.274. The zero-order chi connectivity index (χ0) is 22.6. The maximum absolute atomic E-state index is 12.6. The van der Waals surface area contributed by atoms with Gasteiger partial charge < -0.3 is 14.5 Å². The van der Waals surface area contributed by atoms with Gasteiger partial charge in [0, 0.05) is 12.2 Å². The van der Waals surface area contributed by atoms with Crippen LogP contribution in [0.2, 0.25) is 0 Å². The number of benzene rings is 1. The average molecular weight is 452 g/mol. The number of furan rings is 1.